The zero-order valence-corrected chi connectivity index (χ0v) is 15.6. The quantitative estimate of drug-likeness (QED) is 0.759. The molecule has 1 amide bonds. The summed E-state index contributed by atoms with van der Waals surface area (Å²) < 4.78 is 16.3. The highest BCUT2D eigenvalue weighted by molar-refractivity contribution is 6.05. The largest absolute Gasteiger partial charge is 0.490 e. The molecule has 0 aromatic heterocycles. The molecule has 28 heavy (non-hydrogen) atoms. The van der Waals surface area contributed by atoms with E-state index >= 15 is 0 Å². The summed E-state index contributed by atoms with van der Waals surface area (Å²) >= 11 is 0. The first-order chi connectivity index (χ1) is 13.5. The van der Waals surface area contributed by atoms with Crippen LogP contribution in [-0.4, -0.2) is 43.4 Å². The number of anilines is 1. The Kier molecular flexibility index (Phi) is 6.62. The van der Waals surface area contributed by atoms with Crippen LogP contribution in [0.3, 0.4) is 0 Å². The second-order valence-corrected chi connectivity index (χ2v) is 6.56. The number of ether oxygens (including phenoxy) is 3. The minimum atomic E-state index is -1.07. The monoisotopic (exact) mass is 385 g/mol. The van der Waals surface area contributed by atoms with Crippen molar-refractivity contribution in [2.75, 3.05) is 25.6 Å². The molecule has 0 radical (unpaired) electrons. The lowest BCUT2D eigenvalue weighted by atomic mass is 10.1. The van der Waals surface area contributed by atoms with Gasteiger partial charge in [0.05, 0.1) is 25.4 Å². The van der Waals surface area contributed by atoms with Gasteiger partial charge in [0.15, 0.2) is 0 Å². The Hall–Kier alpha value is -2.90. The van der Waals surface area contributed by atoms with Gasteiger partial charge in [-0.3, -0.25) is 4.79 Å². The summed E-state index contributed by atoms with van der Waals surface area (Å²) in [7, 11) is 1.52. The predicted octanol–water partition coefficient (Wildman–Crippen LogP) is 3.34. The van der Waals surface area contributed by atoms with Gasteiger partial charge in [0.2, 0.25) is 0 Å². The number of carboxylic acid groups (broad SMARTS) is 1. The second kappa shape index (κ2) is 9.34. The van der Waals surface area contributed by atoms with Crippen LogP contribution in [0.25, 0.3) is 0 Å². The Bertz CT molecular complexity index is 827. The van der Waals surface area contributed by atoms with Crippen molar-refractivity contribution in [1.82, 2.24) is 0 Å². The number of nitrogens with one attached hydrogen (secondary N) is 1. The van der Waals surface area contributed by atoms with Crippen molar-refractivity contribution in [3.05, 3.63) is 59.2 Å². The van der Waals surface area contributed by atoms with Crippen LogP contribution in [0.4, 0.5) is 5.69 Å². The zero-order valence-electron chi connectivity index (χ0n) is 15.6. The summed E-state index contributed by atoms with van der Waals surface area (Å²) in [4.78, 5) is 23.8. The molecule has 0 spiro atoms. The van der Waals surface area contributed by atoms with E-state index in [0.717, 1.165) is 12.8 Å². The average molecular weight is 385 g/mol. The van der Waals surface area contributed by atoms with Gasteiger partial charge < -0.3 is 24.6 Å². The van der Waals surface area contributed by atoms with Crippen molar-refractivity contribution in [3.63, 3.8) is 0 Å². The Labute approximate surface area is 163 Å². The topological polar surface area (TPSA) is 94.1 Å². The first kappa shape index (κ1) is 19.9. The van der Waals surface area contributed by atoms with E-state index in [1.54, 1.807) is 30.3 Å². The molecule has 0 aliphatic carbocycles. The minimum absolute atomic E-state index is 0.0880. The van der Waals surface area contributed by atoms with Gasteiger partial charge in [-0.1, -0.05) is 0 Å². The molecule has 2 aromatic rings. The minimum Gasteiger partial charge on any atom is -0.490 e. The van der Waals surface area contributed by atoms with Crippen molar-refractivity contribution >= 4 is 17.6 Å². The van der Waals surface area contributed by atoms with Crippen LogP contribution in [0.15, 0.2) is 42.5 Å². The van der Waals surface area contributed by atoms with E-state index in [1.165, 1.54) is 19.2 Å². The van der Waals surface area contributed by atoms with Gasteiger partial charge in [-0.2, -0.15) is 0 Å². The number of methoxy groups -OCH3 is 1. The molecular formula is C21H23NO6. The lowest BCUT2D eigenvalue weighted by molar-refractivity contribution is 0.0255. The molecule has 7 heteroatoms. The molecule has 0 bridgehead atoms. The Morgan fingerprint density at radius 2 is 1.82 bits per heavy atom. The number of hydrogen-bond acceptors (Lipinski definition) is 5. The summed E-state index contributed by atoms with van der Waals surface area (Å²) in [6, 6.07) is 11.5. The zero-order chi connectivity index (χ0) is 19.9. The van der Waals surface area contributed by atoms with Crippen LogP contribution in [0.1, 0.15) is 39.1 Å². The Morgan fingerprint density at radius 1 is 1.11 bits per heavy atom. The van der Waals surface area contributed by atoms with Crippen molar-refractivity contribution < 1.29 is 28.9 Å². The van der Waals surface area contributed by atoms with E-state index in [2.05, 4.69) is 5.32 Å². The third kappa shape index (κ3) is 5.31. The van der Waals surface area contributed by atoms with E-state index in [0.29, 0.717) is 35.8 Å². The SMILES string of the molecule is COCc1cc(NC(=O)c2ccc(OC3CCOCC3)cc2)cc(C(=O)O)c1. The van der Waals surface area contributed by atoms with E-state index in [9.17, 15) is 14.7 Å². The standard InChI is InChI=1S/C21H23NO6/c1-26-13-14-10-16(21(24)25)12-17(11-14)22-20(23)15-2-4-18(5-3-15)28-19-6-8-27-9-7-19/h2-5,10-12,19H,6-9,13H2,1H3,(H,22,23)(H,24,25). The Balaban J connectivity index is 1.67. The molecular weight excluding hydrogens is 362 g/mol. The number of aromatic carboxylic acids is 1. The fourth-order valence-electron chi connectivity index (χ4n) is 3.01. The normalized spacial score (nSPS) is 14.5. The smallest absolute Gasteiger partial charge is 0.335 e. The maximum Gasteiger partial charge on any atom is 0.335 e. The number of rotatable bonds is 7. The van der Waals surface area contributed by atoms with Gasteiger partial charge in [0.1, 0.15) is 11.9 Å². The number of amides is 1. The molecule has 2 N–H and O–H groups in total. The number of carboxylic acids is 1. The van der Waals surface area contributed by atoms with Crippen LogP contribution in [0.2, 0.25) is 0 Å². The number of carbonyl (C=O) groups excluding carboxylic acids is 1. The summed E-state index contributed by atoms with van der Waals surface area (Å²) in [6.07, 6.45) is 1.84. The lowest BCUT2D eigenvalue weighted by Gasteiger charge is -2.23. The fraction of sp³-hybridized carbons (Fsp3) is 0.333. The van der Waals surface area contributed by atoms with E-state index < -0.39 is 5.97 Å². The van der Waals surface area contributed by atoms with Crippen molar-refractivity contribution in [1.29, 1.82) is 0 Å². The van der Waals surface area contributed by atoms with Crippen LogP contribution in [-0.2, 0) is 16.1 Å². The molecule has 1 fully saturated rings. The van der Waals surface area contributed by atoms with Crippen LogP contribution >= 0.6 is 0 Å². The predicted molar refractivity (Wildman–Crippen MR) is 103 cm³/mol. The highest BCUT2D eigenvalue weighted by atomic mass is 16.5. The van der Waals surface area contributed by atoms with E-state index in [-0.39, 0.29) is 24.2 Å². The van der Waals surface area contributed by atoms with Gasteiger partial charge >= 0.3 is 5.97 Å². The van der Waals surface area contributed by atoms with E-state index in [4.69, 9.17) is 14.2 Å². The molecule has 0 atom stereocenters. The molecule has 1 saturated heterocycles. The molecule has 1 heterocycles. The molecule has 1 aliphatic rings. The van der Waals surface area contributed by atoms with Crippen LogP contribution in [0.5, 0.6) is 5.75 Å². The lowest BCUT2D eigenvalue weighted by Crippen LogP contribution is -2.25. The molecule has 148 valence electrons. The number of benzene rings is 2. The molecule has 1 aliphatic heterocycles. The number of hydrogen-bond donors (Lipinski definition) is 2. The van der Waals surface area contributed by atoms with E-state index in [1.807, 2.05) is 0 Å². The van der Waals surface area contributed by atoms with Gasteiger partial charge in [-0.25, -0.2) is 4.79 Å². The first-order valence-electron chi connectivity index (χ1n) is 9.07. The van der Waals surface area contributed by atoms with Crippen molar-refractivity contribution in [2.24, 2.45) is 0 Å². The van der Waals surface area contributed by atoms with Gasteiger partial charge in [-0.05, 0) is 48.0 Å². The third-order valence-corrected chi connectivity index (χ3v) is 4.40. The highest BCUT2D eigenvalue weighted by Gasteiger charge is 2.16. The van der Waals surface area contributed by atoms with Gasteiger partial charge in [0.25, 0.3) is 5.91 Å². The second-order valence-electron chi connectivity index (χ2n) is 6.56. The fourth-order valence-corrected chi connectivity index (χ4v) is 3.01. The van der Waals surface area contributed by atoms with Gasteiger partial charge in [0, 0.05) is 31.2 Å². The van der Waals surface area contributed by atoms with Crippen molar-refractivity contribution in [2.45, 2.75) is 25.6 Å². The summed E-state index contributed by atoms with van der Waals surface area (Å²) in [5.74, 6) is -0.690. The maximum absolute atomic E-state index is 12.5. The third-order valence-electron chi connectivity index (χ3n) is 4.40. The molecule has 0 unspecified atom stereocenters. The molecule has 7 nitrogen and oxygen atoms in total. The van der Waals surface area contributed by atoms with Crippen molar-refractivity contribution in [3.8, 4) is 5.75 Å². The number of carbonyl (C=O) groups is 2. The summed E-state index contributed by atoms with van der Waals surface area (Å²) in [6.45, 7) is 1.65. The first-order valence-corrected chi connectivity index (χ1v) is 9.07. The Morgan fingerprint density at radius 3 is 2.46 bits per heavy atom. The van der Waals surface area contributed by atoms with Crippen LogP contribution in [0, 0.1) is 0 Å². The summed E-state index contributed by atoms with van der Waals surface area (Å²) in [5, 5.41) is 12.0. The highest BCUT2D eigenvalue weighted by Crippen LogP contribution is 2.20. The van der Waals surface area contributed by atoms with Crippen LogP contribution < -0.4 is 10.1 Å². The molecule has 2 aromatic carbocycles. The molecule has 3 rings (SSSR count). The average Bonchev–Trinajstić information content (AvgIpc) is 2.69. The molecule has 0 saturated carbocycles. The summed E-state index contributed by atoms with van der Waals surface area (Å²) in [5.41, 5.74) is 1.61. The maximum atomic E-state index is 12.5. The van der Waals surface area contributed by atoms with Gasteiger partial charge in [-0.15, -0.1) is 0 Å².